The molecule has 0 aliphatic carbocycles. The van der Waals surface area contributed by atoms with Crippen LogP contribution in [0.4, 0.5) is 0 Å². The summed E-state index contributed by atoms with van der Waals surface area (Å²) >= 11 is 11.5. The fourth-order valence-corrected chi connectivity index (χ4v) is 2.76. The number of rotatable bonds is 3. The van der Waals surface area contributed by atoms with Crippen LogP contribution in [0.25, 0.3) is 0 Å². The summed E-state index contributed by atoms with van der Waals surface area (Å²) in [7, 11) is 1.27. The van der Waals surface area contributed by atoms with Crippen molar-refractivity contribution in [3.8, 4) is 5.75 Å². The fourth-order valence-electron chi connectivity index (χ4n) is 0.969. The van der Waals surface area contributed by atoms with E-state index in [9.17, 15) is 8.42 Å². The third kappa shape index (κ3) is 2.91. The van der Waals surface area contributed by atoms with Gasteiger partial charge in [-0.1, -0.05) is 23.2 Å². The molecule has 0 bridgehead atoms. The summed E-state index contributed by atoms with van der Waals surface area (Å²) in [6.07, 6.45) is 0. The first-order chi connectivity index (χ1) is 6.88. The number of hydrogen-bond acceptors (Lipinski definition) is 3. The summed E-state index contributed by atoms with van der Waals surface area (Å²) in [6, 6.07) is 2.66. The fraction of sp³-hybridized carbons (Fsp3) is 0.250. The van der Waals surface area contributed by atoms with E-state index in [4.69, 9.17) is 38.6 Å². The highest BCUT2D eigenvalue weighted by molar-refractivity contribution is 8.13. The van der Waals surface area contributed by atoms with E-state index in [0.29, 0.717) is 12.4 Å². The van der Waals surface area contributed by atoms with Crippen molar-refractivity contribution in [1.82, 2.24) is 0 Å². The smallest absolute Gasteiger partial charge is 0.262 e. The standard InChI is InChI=1S/C8H7Cl3O3S/c1-2-14-5-3-4-6(15(11,12)13)8(10)7(5)9/h3-4H,2H2,1H3. The summed E-state index contributed by atoms with van der Waals surface area (Å²) < 4.78 is 27.2. The molecule has 0 saturated carbocycles. The molecule has 1 aromatic carbocycles. The highest BCUT2D eigenvalue weighted by Crippen LogP contribution is 2.37. The van der Waals surface area contributed by atoms with Crippen molar-refractivity contribution in [3.05, 3.63) is 22.2 Å². The van der Waals surface area contributed by atoms with Gasteiger partial charge in [0.15, 0.2) is 0 Å². The number of benzene rings is 1. The SMILES string of the molecule is CCOc1ccc(S(=O)(=O)Cl)c(Cl)c1Cl. The minimum Gasteiger partial charge on any atom is -0.492 e. The average molecular weight is 290 g/mol. The quantitative estimate of drug-likeness (QED) is 0.802. The van der Waals surface area contributed by atoms with Crippen molar-refractivity contribution in [2.24, 2.45) is 0 Å². The lowest BCUT2D eigenvalue weighted by atomic mass is 10.3. The average Bonchev–Trinajstić information content (AvgIpc) is 2.11. The Kier molecular flexibility index (Phi) is 4.12. The van der Waals surface area contributed by atoms with Gasteiger partial charge in [0.05, 0.1) is 11.6 Å². The van der Waals surface area contributed by atoms with E-state index in [2.05, 4.69) is 0 Å². The third-order valence-corrected chi connectivity index (χ3v) is 3.91. The van der Waals surface area contributed by atoms with Gasteiger partial charge in [0.25, 0.3) is 9.05 Å². The van der Waals surface area contributed by atoms with Crippen LogP contribution in [0.5, 0.6) is 5.75 Å². The molecule has 1 rings (SSSR count). The van der Waals surface area contributed by atoms with Crippen molar-refractivity contribution >= 4 is 42.9 Å². The van der Waals surface area contributed by atoms with Gasteiger partial charge in [-0.25, -0.2) is 8.42 Å². The molecule has 7 heteroatoms. The lowest BCUT2D eigenvalue weighted by molar-refractivity contribution is 0.340. The topological polar surface area (TPSA) is 43.4 Å². The Morgan fingerprint density at radius 3 is 2.33 bits per heavy atom. The molecule has 0 radical (unpaired) electrons. The Hall–Kier alpha value is -0.160. The van der Waals surface area contributed by atoms with Gasteiger partial charge in [-0.2, -0.15) is 0 Å². The second-order valence-electron chi connectivity index (χ2n) is 2.56. The summed E-state index contributed by atoms with van der Waals surface area (Å²) in [5.41, 5.74) is 0. The molecular weight excluding hydrogens is 283 g/mol. The van der Waals surface area contributed by atoms with Crippen LogP contribution in [-0.2, 0) is 9.05 Å². The van der Waals surface area contributed by atoms with Gasteiger partial charge in [0.1, 0.15) is 15.7 Å². The minimum absolute atomic E-state index is 0.0419. The van der Waals surface area contributed by atoms with Crippen LogP contribution in [0.1, 0.15) is 6.92 Å². The lowest BCUT2D eigenvalue weighted by Gasteiger charge is -2.08. The summed E-state index contributed by atoms with van der Waals surface area (Å²) in [4.78, 5) is -0.223. The first-order valence-corrected chi connectivity index (χ1v) is 7.00. The summed E-state index contributed by atoms with van der Waals surface area (Å²) in [5.74, 6) is 0.327. The zero-order valence-corrected chi connectivity index (χ0v) is 10.7. The normalized spacial score (nSPS) is 11.5. The molecule has 1 aromatic rings. The zero-order valence-electron chi connectivity index (χ0n) is 7.63. The van der Waals surface area contributed by atoms with Crippen LogP contribution in [0.2, 0.25) is 10.0 Å². The Balaban J connectivity index is 3.34. The monoisotopic (exact) mass is 288 g/mol. The van der Waals surface area contributed by atoms with E-state index in [1.807, 2.05) is 0 Å². The molecule has 84 valence electrons. The molecule has 0 fully saturated rings. The van der Waals surface area contributed by atoms with Gasteiger partial charge in [-0.15, -0.1) is 0 Å². The van der Waals surface area contributed by atoms with Crippen molar-refractivity contribution < 1.29 is 13.2 Å². The van der Waals surface area contributed by atoms with Crippen LogP contribution < -0.4 is 4.74 Å². The molecule has 0 amide bonds. The van der Waals surface area contributed by atoms with Gasteiger partial charge < -0.3 is 4.74 Å². The second kappa shape index (κ2) is 4.78. The molecule has 0 aliphatic heterocycles. The first-order valence-electron chi connectivity index (χ1n) is 3.93. The number of halogens is 3. The molecule has 3 nitrogen and oxygen atoms in total. The van der Waals surface area contributed by atoms with E-state index in [-0.39, 0.29) is 14.9 Å². The maximum absolute atomic E-state index is 11.1. The molecule has 0 N–H and O–H groups in total. The van der Waals surface area contributed by atoms with Crippen molar-refractivity contribution in [3.63, 3.8) is 0 Å². The highest BCUT2D eigenvalue weighted by atomic mass is 35.7. The molecular formula is C8H7Cl3O3S. The molecule has 0 saturated heterocycles. The van der Waals surface area contributed by atoms with Gasteiger partial charge in [0.2, 0.25) is 0 Å². The van der Waals surface area contributed by atoms with Crippen LogP contribution in [0, 0.1) is 0 Å². The van der Waals surface area contributed by atoms with E-state index in [0.717, 1.165) is 0 Å². The molecule has 15 heavy (non-hydrogen) atoms. The summed E-state index contributed by atoms with van der Waals surface area (Å²) in [6.45, 7) is 2.18. The Labute approximate surface area is 102 Å². The van der Waals surface area contributed by atoms with Crippen LogP contribution >= 0.6 is 33.9 Å². The van der Waals surface area contributed by atoms with Crippen LogP contribution in [0.3, 0.4) is 0 Å². The lowest BCUT2D eigenvalue weighted by Crippen LogP contribution is -1.96. The molecule has 0 aliphatic rings. The van der Waals surface area contributed by atoms with Crippen molar-refractivity contribution in [2.75, 3.05) is 6.61 Å². The minimum atomic E-state index is -3.89. The van der Waals surface area contributed by atoms with E-state index in [1.54, 1.807) is 6.92 Å². The first kappa shape index (κ1) is 12.9. The molecule has 0 atom stereocenters. The van der Waals surface area contributed by atoms with Gasteiger partial charge >= 0.3 is 0 Å². The maximum atomic E-state index is 11.1. The molecule has 0 spiro atoms. The molecule has 0 unspecified atom stereocenters. The Bertz CT molecular complexity index is 470. The predicted octanol–water partition coefficient (Wildman–Crippen LogP) is 3.32. The molecule has 0 heterocycles. The van der Waals surface area contributed by atoms with Crippen LogP contribution in [0.15, 0.2) is 17.0 Å². The van der Waals surface area contributed by atoms with Crippen molar-refractivity contribution in [1.29, 1.82) is 0 Å². The largest absolute Gasteiger partial charge is 0.492 e. The Morgan fingerprint density at radius 2 is 1.87 bits per heavy atom. The van der Waals surface area contributed by atoms with E-state index < -0.39 is 9.05 Å². The third-order valence-electron chi connectivity index (χ3n) is 1.57. The van der Waals surface area contributed by atoms with Gasteiger partial charge in [-0.3, -0.25) is 0 Å². The van der Waals surface area contributed by atoms with Crippen LogP contribution in [-0.4, -0.2) is 15.0 Å². The van der Waals surface area contributed by atoms with Gasteiger partial charge in [-0.05, 0) is 19.1 Å². The Morgan fingerprint density at radius 1 is 1.27 bits per heavy atom. The highest BCUT2D eigenvalue weighted by Gasteiger charge is 2.19. The van der Waals surface area contributed by atoms with E-state index in [1.165, 1.54) is 12.1 Å². The second-order valence-corrected chi connectivity index (χ2v) is 5.85. The maximum Gasteiger partial charge on any atom is 0.262 e. The number of ether oxygens (including phenoxy) is 1. The number of hydrogen-bond donors (Lipinski definition) is 0. The molecule has 0 aromatic heterocycles. The van der Waals surface area contributed by atoms with Gasteiger partial charge in [0, 0.05) is 10.7 Å². The zero-order chi connectivity index (χ0) is 11.6. The predicted molar refractivity (Wildman–Crippen MR) is 60.7 cm³/mol. The van der Waals surface area contributed by atoms with Crippen molar-refractivity contribution in [2.45, 2.75) is 11.8 Å². The summed E-state index contributed by atoms with van der Waals surface area (Å²) in [5, 5.41) is -0.0853. The van der Waals surface area contributed by atoms with E-state index >= 15 is 0 Å².